The van der Waals surface area contributed by atoms with Gasteiger partial charge in [0.2, 0.25) is 0 Å². The van der Waals surface area contributed by atoms with Gasteiger partial charge in [0.05, 0.1) is 11.4 Å². The van der Waals surface area contributed by atoms with E-state index in [2.05, 4.69) is 79.7 Å². The topological polar surface area (TPSA) is 12.4 Å². The Morgan fingerprint density at radius 2 is 1.58 bits per heavy atom. The van der Waals surface area contributed by atoms with Crippen molar-refractivity contribution < 1.29 is 0 Å². The molecule has 3 aromatic carbocycles. The maximum absolute atomic E-state index is 5.19. The van der Waals surface area contributed by atoms with Gasteiger partial charge in [0.1, 0.15) is 0 Å². The number of nitrogens with zero attached hydrogens (tertiary/aromatic N) is 1. The summed E-state index contributed by atoms with van der Waals surface area (Å²) in [5, 5.41) is 0.388. The van der Waals surface area contributed by atoms with Crippen LogP contribution in [0.3, 0.4) is 0 Å². The van der Waals surface area contributed by atoms with Crippen molar-refractivity contribution in [1.82, 2.24) is 0 Å². The fourth-order valence-corrected chi connectivity index (χ4v) is 6.60. The lowest BCUT2D eigenvalue weighted by molar-refractivity contribution is 0.751. The van der Waals surface area contributed by atoms with Crippen molar-refractivity contribution in [2.24, 2.45) is 10.9 Å². The Hall–Kier alpha value is -1.97. The van der Waals surface area contributed by atoms with Gasteiger partial charge in [-0.25, -0.2) is 0 Å². The van der Waals surface area contributed by atoms with E-state index >= 15 is 0 Å². The minimum atomic E-state index is 0.388. The zero-order chi connectivity index (χ0) is 17.5. The quantitative estimate of drug-likeness (QED) is 0.471. The molecule has 2 atom stereocenters. The summed E-state index contributed by atoms with van der Waals surface area (Å²) in [5.41, 5.74) is 6.48. The monoisotopic (exact) mass is 373 g/mol. The molecule has 0 fully saturated rings. The number of para-hydroxylation sites is 1. The number of thioether (sulfide) groups is 2. The van der Waals surface area contributed by atoms with Gasteiger partial charge in [-0.2, -0.15) is 0 Å². The Labute approximate surface area is 163 Å². The van der Waals surface area contributed by atoms with E-state index in [9.17, 15) is 0 Å². The SMILES string of the molecule is Cc1ccccc1[C@@H]1Sc2ccccc2N=C2c3ccccc3SC[C@H]21. The Morgan fingerprint density at radius 3 is 2.46 bits per heavy atom. The predicted octanol–water partition coefficient (Wildman–Crippen LogP) is 6.68. The molecule has 0 bridgehead atoms. The lowest BCUT2D eigenvalue weighted by Gasteiger charge is -2.31. The van der Waals surface area contributed by atoms with Gasteiger partial charge in [-0.05, 0) is 36.2 Å². The Balaban J connectivity index is 1.73. The van der Waals surface area contributed by atoms with Crippen LogP contribution in [0.5, 0.6) is 0 Å². The van der Waals surface area contributed by atoms with E-state index in [1.165, 1.54) is 32.2 Å². The van der Waals surface area contributed by atoms with Gasteiger partial charge in [-0.15, -0.1) is 23.5 Å². The number of aryl methyl sites for hydroxylation is 1. The summed E-state index contributed by atoms with van der Waals surface area (Å²) in [5.74, 6) is 1.49. The molecule has 2 aliphatic heterocycles. The molecule has 0 saturated carbocycles. The summed E-state index contributed by atoms with van der Waals surface area (Å²) >= 11 is 3.95. The summed E-state index contributed by atoms with van der Waals surface area (Å²) in [6.07, 6.45) is 0. The van der Waals surface area contributed by atoms with Crippen LogP contribution in [0.2, 0.25) is 0 Å². The average molecular weight is 374 g/mol. The van der Waals surface area contributed by atoms with Crippen molar-refractivity contribution in [3.63, 3.8) is 0 Å². The van der Waals surface area contributed by atoms with Crippen molar-refractivity contribution in [3.8, 4) is 0 Å². The van der Waals surface area contributed by atoms with Gasteiger partial charge >= 0.3 is 0 Å². The summed E-state index contributed by atoms with van der Waals surface area (Å²) in [6, 6.07) is 26.1. The number of hydrogen-bond donors (Lipinski definition) is 0. The minimum Gasteiger partial charge on any atom is -0.251 e. The molecule has 0 aromatic heterocycles. The third-order valence-corrected chi connectivity index (χ3v) is 7.78. The summed E-state index contributed by atoms with van der Waals surface area (Å²) in [7, 11) is 0. The van der Waals surface area contributed by atoms with E-state index in [1.54, 1.807) is 0 Å². The summed E-state index contributed by atoms with van der Waals surface area (Å²) < 4.78 is 0. The van der Waals surface area contributed by atoms with Crippen molar-refractivity contribution in [2.75, 3.05) is 5.75 Å². The van der Waals surface area contributed by atoms with Gasteiger partial charge in [0.25, 0.3) is 0 Å². The highest BCUT2D eigenvalue weighted by atomic mass is 32.2. The van der Waals surface area contributed by atoms with Crippen LogP contribution in [0, 0.1) is 12.8 Å². The van der Waals surface area contributed by atoms with Gasteiger partial charge in [0, 0.05) is 32.3 Å². The van der Waals surface area contributed by atoms with E-state index in [-0.39, 0.29) is 0 Å². The van der Waals surface area contributed by atoms with Crippen LogP contribution in [0.15, 0.2) is 87.6 Å². The first-order valence-corrected chi connectivity index (χ1v) is 10.8. The van der Waals surface area contributed by atoms with Gasteiger partial charge < -0.3 is 0 Å². The molecule has 0 unspecified atom stereocenters. The average Bonchev–Trinajstić information content (AvgIpc) is 2.85. The van der Waals surface area contributed by atoms with Gasteiger partial charge in [-0.3, -0.25) is 4.99 Å². The van der Waals surface area contributed by atoms with E-state index in [0.717, 1.165) is 11.4 Å². The van der Waals surface area contributed by atoms with Crippen molar-refractivity contribution >= 4 is 34.9 Å². The Kier molecular flexibility index (Phi) is 4.14. The first kappa shape index (κ1) is 16.2. The zero-order valence-corrected chi connectivity index (χ0v) is 16.2. The zero-order valence-electron chi connectivity index (χ0n) is 14.6. The minimum absolute atomic E-state index is 0.388. The fraction of sp³-hybridized carbons (Fsp3) is 0.174. The Bertz CT molecular complexity index is 1010. The number of benzene rings is 3. The van der Waals surface area contributed by atoms with Crippen molar-refractivity contribution in [3.05, 3.63) is 89.5 Å². The van der Waals surface area contributed by atoms with Crippen molar-refractivity contribution in [1.29, 1.82) is 0 Å². The second-order valence-corrected chi connectivity index (χ2v) is 9.02. The number of hydrogen-bond acceptors (Lipinski definition) is 3. The second kappa shape index (κ2) is 6.64. The molecule has 5 rings (SSSR count). The highest BCUT2D eigenvalue weighted by Crippen LogP contribution is 2.52. The van der Waals surface area contributed by atoms with Crippen molar-refractivity contribution in [2.45, 2.75) is 22.0 Å². The smallest absolute Gasteiger partial charge is 0.0769 e. The molecule has 0 radical (unpaired) electrons. The lowest BCUT2D eigenvalue weighted by atomic mass is 9.89. The predicted molar refractivity (Wildman–Crippen MR) is 113 cm³/mol. The molecular weight excluding hydrogens is 354 g/mol. The van der Waals surface area contributed by atoms with Crippen LogP contribution in [0.1, 0.15) is 21.9 Å². The summed E-state index contributed by atoms with van der Waals surface area (Å²) in [6.45, 7) is 2.23. The third-order valence-electron chi connectivity index (χ3n) is 5.15. The standard InChI is InChI=1S/C23H19NS2/c1-15-8-2-3-9-16(15)23-18-14-25-20-12-6-4-10-17(20)22(18)24-19-11-5-7-13-21(19)26-23/h2-13,18,23H,14H2,1H3/t18-,23+/m1/s1. The molecule has 3 heteroatoms. The first-order chi connectivity index (χ1) is 12.8. The van der Waals surface area contributed by atoms with Crippen LogP contribution >= 0.6 is 23.5 Å². The third kappa shape index (κ3) is 2.70. The highest BCUT2D eigenvalue weighted by molar-refractivity contribution is 8.00. The van der Waals surface area contributed by atoms with Crippen LogP contribution in [-0.4, -0.2) is 11.5 Å². The van der Waals surface area contributed by atoms with Gasteiger partial charge in [0.15, 0.2) is 0 Å². The molecule has 2 aliphatic rings. The van der Waals surface area contributed by atoms with E-state index in [4.69, 9.17) is 4.99 Å². The van der Waals surface area contributed by atoms with Crippen LogP contribution in [0.25, 0.3) is 0 Å². The number of rotatable bonds is 1. The molecule has 2 heterocycles. The fourth-order valence-electron chi connectivity index (χ4n) is 3.82. The molecule has 26 heavy (non-hydrogen) atoms. The number of aliphatic imine (C=N–C) groups is 1. The second-order valence-electron chi connectivity index (χ2n) is 6.77. The molecule has 0 N–H and O–H groups in total. The van der Waals surface area contributed by atoms with Crippen LogP contribution in [-0.2, 0) is 0 Å². The number of fused-ring (bicyclic) bond motifs is 4. The molecule has 0 aliphatic carbocycles. The van der Waals surface area contributed by atoms with E-state index in [1.807, 2.05) is 23.5 Å². The van der Waals surface area contributed by atoms with E-state index in [0.29, 0.717) is 11.2 Å². The van der Waals surface area contributed by atoms with Crippen LogP contribution < -0.4 is 0 Å². The highest BCUT2D eigenvalue weighted by Gasteiger charge is 2.36. The Morgan fingerprint density at radius 1 is 0.846 bits per heavy atom. The first-order valence-electron chi connectivity index (χ1n) is 8.93. The summed E-state index contributed by atoms with van der Waals surface area (Å²) in [4.78, 5) is 7.83. The molecule has 0 amide bonds. The molecular formula is C23H19NS2. The molecule has 0 spiro atoms. The molecule has 0 saturated heterocycles. The van der Waals surface area contributed by atoms with Gasteiger partial charge in [-0.1, -0.05) is 54.6 Å². The molecule has 1 nitrogen and oxygen atoms in total. The van der Waals surface area contributed by atoms with E-state index < -0.39 is 0 Å². The molecule has 128 valence electrons. The largest absolute Gasteiger partial charge is 0.251 e. The molecule has 3 aromatic rings. The normalized spacial score (nSPS) is 21.0. The van der Waals surface area contributed by atoms with Crippen LogP contribution in [0.4, 0.5) is 5.69 Å². The maximum atomic E-state index is 5.19. The maximum Gasteiger partial charge on any atom is 0.0769 e. The lowest BCUT2D eigenvalue weighted by Crippen LogP contribution is -2.27.